The molecule has 0 radical (unpaired) electrons. The number of rotatable bonds is 4. The summed E-state index contributed by atoms with van der Waals surface area (Å²) < 4.78 is 29.9. The van der Waals surface area contributed by atoms with Crippen molar-refractivity contribution in [1.82, 2.24) is 8.87 Å². The molecule has 1 N–H and O–H groups in total. The van der Waals surface area contributed by atoms with Crippen LogP contribution in [0, 0.1) is 12.8 Å². The van der Waals surface area contributed by atoms with Crippen molar-refractivity contribution >= 4 is 37.5 Å². The number of amides is 1. The van der Waals surface area contributed by atoms with E-state index >= 15 is 0 Å². The van der Waals surface area contributed by atoms with Crippen LogP contribution in [-0.2, 0) is 17.1 Å². The van der Waals surface area contributed by atoms with E-state index in [4.69, 9.17) is 0 Å². The van der Waals surface area contributed by atoms with Gasteiger partial charge in [-0.1, -0.05) is 22.9 Å². The Labute approximate surface area is 168 Å². The molecule has 1 atom stereocenters. The normalized spacial score (nSPS) is 18.4. The summed E-state index contributed by atoms with van der Waals surface area (Å²) >= 11 is 3.43. The molecular weight excluding hydrogens is 430 g/mol. The van der Waals surface area contributed by atoms with E-state index in [0.717, 1.165) is 22.9 Å². The highest BCUT2D eigenvalue weighted by Gasteiger charge is 2.30. The standard InChI is InChI=1S/C19H24BrN3O3S/c1-13-5-4-8-23(11-13)27(25,26)16-10-18(22(3)12-16)19(24)21-15-6-7-17(20)14(2)9-15/h6-7,9-10,12-13H,4-5,8,11H2,1-3H3,(H,21,24). The van der Waals surface area contributed by atoms with Gasteiger partial charge in [0, 0.05) is 36.5 Å². The average Bonchev–Trinajstić information content (AvgIpc) is 3.01. The number of hydrogen-bond donors (Lipinski definition) is 1. The van der Waals surface area contributed by atoms with E-state index in [-0.39, 0.29) is 10.8 Å². The summed E-state index contributed by atoms with van der Waals surface area (Å²) in [6, 6.07) is 6.97. The zero-order valence-electron chi connectivity index (χ0n) is 15.7. The van der Waals surface area contributed by atoms with Gasteiger partial charge in [-0.3, -0.25) is 4.79 Å². The number of carbonyl (C=O) groups is 1. The minimum Gasteiger partial charge on any atom is -0.345 e. The first kappa shape index (κ1) is 20.1. The molecule has 6 nitrogen and oxygen atoms in total. The Morgan fingerprint density at radius 2 is 2.04 bits per heavy atom. The van der Waals surface area contributed by atoms with Gasteiger partial charge in [0.2, 0.25) is 10.0 Å². The highest BCUT2D eigenvalue weighted by Crippen LogP contribution is 2.25. The lowest BCUT2D eigenvalue weighted by Gasteiger charge is -2.29. The van der Waals surface area contributed by atoms with Crippen LogP contribution < -0.4 is 5.32 Å². The predicted molar refractivity (Wildman–Crippen MR) is 109 cm³/mol. The van der Waals surface area contributed by atoms with Crippen LogP contribution in [0.2, 0.25) is 0 Å². The molecule has 2 heterocycles. The van der Waals surface area contributed by atoms with E-state index in [1.54, 1.807) is 17.7 Å². The largest absolute Gasteiger partial charge is 0.345 e. The van der Waals surface area contributed by atoms with Crippen molar-refractivity contribution in [2.75, 3.05) is 18.4 Å². The second-order valence-corrected chi connectivity index (χ2v) is 9.99. The molecular formula is C19H24BrN3O3S. The van der Waals surface area contributed by atoms with Crippen molar-refractivity contribution in [1.29, 1.82) is 0 Å². The second kappa shape index (κ2) is 7.77. The van der Waals surface area contributed by atoms with Crippen molar-refractivity contribution in [3.05, 3.63) is 46.2 Å². The third kappa shape index (κ3) is 4.28. The molecule has 1 saturated heterocycles. The number of anilines is 1. The maximum atomic E-state index is 12.9. The highest BCUT2D eigenvalue weighted by atomic mass is 79.9. The highest BCUT2D eigenvalue weighted by molar-refractivity contribution is 9.10. The van der Waals surface area contributed by atoms with Gasteiger partial charge in [-0.15, -0.1) is 0 Å². The monoisotopic (exact) mass is 453 g/mol. The number of hydrogen-bond acceptors (Lipinski definition) is 3. The molecule has 1 aromatic carbocycles. The number of piperidine rings is 1. The van der Waals surface area contributed by atoms with Gasteiger partial charge in [-0.2, -0.15) is 4.31 Å². The van der Waals surface area contributed by atoms with Gasteiger partial charge >= 0.3 is 0 Å². The summed E-state index contributed by atoms with van der Waals surface area (Å²) in [5.74, 6) is 0.00772. The molecule has 0 saturated carbocycles. The topological polar surface area (TPSA) is 71.4 Å². The average molecular weight is 454 g/mol. The van der Waals surface area contributed by atoms with Gasteiger partial charge in [0.25, 0.3) is 5.91 Å². The van der Waals surface area contributed by atoms with Crippen molar-refractivity contribution in [2.24, 2.45) is 13.0 Å². The third-order valence-electron chi connectivity index (χ3n) is 4.89. The molecule has 1 unspecified atom stereocenters. The Morgan fingerprint density at radius 3 is 2.70 bits per heavy atom. The second-order valence-electron chi connectivity index (χ2n) is 7.20. The van der Waals surface area contributed by atoms with Crippen molar-refractivity contribution in [2.45, 2.75) is 31.6 Å². The molecule has 27 heavy (non-hydrogen) atoms. The van der Waals surface area contributed by atoms with Crippen molar-refractivity contribution < 1.29 is 13.2 Å². The lowest BCUT2D eigenvalue weighted by molar-refractivity contribution is 0.101. The number of aromatic nitrogens is 1. The summed E-state index contributed by atoms with van der Waals surface area (Å²) in [6.45, 7) is 5.05. The summed E-state index contributed by atoms with van der Waals surface area (Å²) in [7, 11) is -1.91. The Bertz CT molecular complexity index is 969. The van der Waals surface area contributed by atoms with Crippen molar-refractivity contribution in [3.63, 3.8) is 0 Å². The van der Waals surface area contributed by atoms with Gasteiger partial charge in [-0.05, 0) is 55.5 Å². The molecule has 1 aliphatic rings. The molecule has 0 bridgehead atoms. The van der Waals surface area contributed by atoms with E-state index in [1.807, 2.05) is 19.1 Å². The fourth-order valence-corrected chi connectivity index (χ4v) is 5.25. The van der Waals surface area contributed by atoms with E-state index in [9.17, 15) is 13.2 Å². The van der Waals surface area contributed by atoms with E-state index in [1.165, 1.54) is 16.6 Å². The Kier molecular flexibility index (Phi) is 5.79. The van der Waals surface area contributed by atoms with Gasteiger partial charge in [0.05, 0.1) is 0 Å². The van der Waals surface area contributed by atoms with Crippen LogP contribution in [0.5, 0.6) is 0 Å². The first-order valence-electron chi connectivity index (χ1n) is 8.92. The smallest absolute Gasteiger partial charge is 0.272 e. The van der Waals surface area contributed by atoms with E-state index < -0.39 is 10.0 Å². The van der Waals surface area contributed by atoms with Gasteiger partial charge in [0.1, 0.15) is 10.6 Å². The molecule has 2 aromatic rings. The van der Waals surface area contributed by atoms with Crippen LogP contribution in [0.15, 0.2) is 39.8 Å². The van der Waals surface area contributed by atoms with Gasteiger partial charge in [-0.25, -0.2) is 8.42 Å². The SMILES string of the molecule is Cc1cc(NC(=O)c2cc(S(=O)(=O)N3CCCC(C)C3)cn2C)ccc1Br. The number of benzene rings is 1. The predicted octanol–water partition coefficient (Wildman–Crippen LogP) is 3.77. The summed E-state index contributed by atoms with van der Waals surface area (Å²) in [5.41, 5.74) is 1.97. The third-order valence-corrected chi connectivity index (χ3v) is 7.61. The number of carbonyl (C=O) groups excluding carboxylic acids is 1. The van der Waals surface area contributed by atoms with E-state index in [0.29, 0.717) is 30.4 Å². The number of aryl methyl sites for hydroxylation is 2. The maximum absolute atomic E-state index is 12.9. The Balaban J connectivity index is 1.83. The minimum atomic E-state index is -3.59. The maximum Gasteiger partial charge on any atom is 0.272 e. The van der Waals surface area contributed by atoms with Crippen LogP contribution >= 0.6 is 15.9 Å². The quantitative estimate of drug-likeness (QED) is 0.765. The lowest BCUT2D eigenvalue weighted by atomic mass is 10.0. The number of nitrogens with zero attached hydrogens (tertiary/aromatic N) is 2. The number of nitrogens with one attached hydrogen (secondary N) is 1. The van der Waals surface area contributed by atoms with Crippen LogP contribution in [0.25, 0.3) is 0 Å². The van der Waals surface area contributed by atoms with Crippen LogP contribution in [-0.4, -0.2) is 36.3 Å². The Morgan fingerprint density at radius 1 is 1.30 bits per heavy atom. The number of sulfonamides is 1. The molecule has 0 spiro atoms. The van der Waals surface area contributed by atoms with Crippen LogP contribution in [0.3, 0.4) is 0 Å². The van der Waals surface area contributed by atoms with E-state index in [2.05, 4.69) is 28.2 Å². The molecule has 1 amide bonds. The van der Waals surface area contributed by atoms with Crippen LogP contribution in [0.4, 0.5) is 5.69 Å². The van der Waals surface area contributed by atoms with Crippen molar-refractivity contribution in [3.8, 4) is 0 Å². The summed E-state index contributed by atoms with van der Waals surface area (Å²) in [5, 5.41) is 2.83. The van der Waals surface area contributed by atoms with Gasteiger partial charge < -0.3 is 9.88 Å². The zero-order valence-corrected chi connectivity index (χ0v) is 18.1. The molecule has 0 aliphatic carbocycles. The number of halogens is 1. The molecule has 1 fully saturated rings. The van der Waals surface area contributed by atoms with Gasteiger partial charge in [0.15, 0.2) is 0 Å². The minimum absolute atomic E-state index is 0.163. The summed E-state index contributed by atoms with van der Waals surface area (Å²) in [4.78, 5) is 12.8. The first-order valence-corrected chi connectivity index (χ1v) is 11.2. The fraction of sp³-hybridized carbons (Fsp3) is 0.421. The molecule has 3 rings (SSSR count). The molecule has 8 heteroatoms. The van der Waals surface area contributed by atoms with Crippen LogP contribution in [0.1, 0.15) is 35.8 Å². The molecule has 1 aromatic heterocycles. The lowest BCUT2D eigenvalue weighted by Crippen LogP contribution is -2.38. The molecule has 1 aliphatic heterocycles. The Hall–Kier alpha value is -1.64. The zero-order chi connectivity index (χ0) is 19.8. The molecule has 146 valence electrons. The fourth-order valence-electron chi connectivity index (χ4n) is 3.33. The summed E-state index contributed by atoms with van der Waals surface area (Å²) in [6.07, 6.45) is 3.42. The first-order chi connectivity index (χ1) is 12.7.